The monoisotopic (exact) mass is 545 g/mol. The molecule has 11 nitrogen and oxygen atoms in total. The number of nitrogens with zero attached hydrogens (tertiary/aromatic N) is 7. The Hall–Kier alpha value is -4.58. The number of imidazole rings is 1. The predicted octanol–water partition coefficient (Wildman–Crippen LogP) is 1.08. The molecule has 0 bridgehead atoms. The van der Waals surface area contributed by atoms with E-state index >= 15 is 0 Å². The Morgan fingerprint density at radius 3 is 2.33 bits per heavy atom. The van der Waals surface area contributed by atoms with Crippen molar-refractivity contribution in [2.75, 3.05) is 36.0 Å². The molecule has 4 aromatic rings. The van der Waals surface area contributed by atoms with Gasteiger partial charge in [0.05, 0.1) is 24.7 Å². The molecule has 2 aliphatic heterocycles. The summed E-state index contributed by atoms with van der Waals surface area (Å²) in [7, 11) is 3.05. The van der Waals surface area contributed by atoms with Gasteiger partial charge in [0.25, 0.3) is 11.5 Å². The maximum absolute atomic E-state index is 13.8. The number of benzene rings is 2. The summed E-state index contributed by atoms with van der Waals surface area (Å²) in [5.41, 5.74) is 0.990. The number of carbonyl (C=O) groups excluding carboxylic acids is 2. The van der Waals surface area contributed by atoms with Gasteiger partial charge in [0.2, 0.25) is 11.9 Å². The van der Waals surface area contributed by atoms with Crippen molar-refractivity contribution in [1.29, 1.82) is 0 Å². The minimum atomic E-state index is -0.630. The van der Waals surface area contributed by atoms with E-state index in [4.69, 9.17) is 4.98 Å². The van der Waals surface area contributed by atoms with Crippen LogP contribution in [0.1, 0.15) is 12.0 Å². The van der Waals surface area contributed by atoms with Gasteiger partial charge < -0.3 is 4.90 Å². The molecule has 2 saturated heterocycles. The lowest BCUT2D eigenvalue weighted by Crippen LogP contribution is -2.53. The second-order valence-electron chi connectivity index (χ2n) is 10.2. The Labute approximate surface area is 228 Å². The molecule has 0 aliphatic carbocycles. The van der Waals surface area contributed by atoms with E-state index in [1.165, 1.54) is 29.8 Å². The first-order valence-electron chi connectivity index (χ1n) is 13.1. The predicted molar refractivity (Wildman–Crippen MR) is 147 cm³/mol. The number of aryl methyl sites for hydroxylation is 1. The summed E-state index contributed by atoms with van der Waals surface area (Å²) >= 11 is 0. The Bertz CT molecular complexity index is 1750. The van der Waals surface area contributed by atoms with Gasteiger partial charge in [-0.25, -0.2) is 14.1 Å². The van der Waals surface area contributed by atoms with E-state index < -0.39 is 23.1 Å². The van der Waals surface area contributed by atoms with Crippen molar-refractivity contribution in [3.05, 3.63) is 86.8 Å². The standard InChI is InChI=1S/C28H28FN7O4/c1-31-24-23(26(39)32(2)28(31)40)35(17-18-7-4-3-5-8-18)27(30-24)34-13-11-33(12-14-34)21-16-22(37)36(25(21)38)20-10-6-9-19(29)15-20/h3-10,15,21H,11-14,16-17H2,1-2H3. The average molecular weight is 546 g/mol. The second-order valence-corrected chi connectivity index (χ2v) is 10.2. The number of aromatic nitrogens is 4. The van der Waals surface area contributed by atoms with Gasteiger partial charge in [-0.2, -0.15) is 4.98 Å². The third kappa shape index (κ3) is 4.20. The molecule has 0 saturated carbocycles. The lowest BCUT2D eigenvalue weighted by molar-refractivity contribution is -0.123. The zero-order valence-corrected chi connectivity index (χ0v) is 22.2. The largest absolute Gasteiger partial charge is 0.340 e. The Morgan fingerprint density at radius 1 is 0.900 bits per heavy atom. The number of hydrogen-bond donors (Lipinski definition) is 0. The summed E-state index contributed by atoms with van der Waals surface area (Å²) in [5.74, 6) is -0.670. The van der Waals surface area contributed by atoms with Crippen LogP contribution < -0.4 is 21.0 Å². The van der Waals surface area contributed by atoms with Crippen molar-refractivity contribution >= 4 is 34.6 Å². The Kier molecular flexibility index (Phi) is 6.34. The van der Waals surface area contributed by atoms with E-state index in [2.05, 4.69) is 0 Å². The van der Waals surface area contributed by atoms with Crippen molar-refractivity contribution in [2.24, 2.45) is 14.1 Å². The highest BCUT2D eigenvalue weighted by atomic mass is 19.1. The van der Waals surface area contributed by atoms with E-state index in [0.717, 1.165) is 15.0 Å². The Morgan fingerprint density at radius 2 is 1.62 bits per heavy atom. The van der Waals surface area contributed by atoms with Gasteiger partial charge in [-0.05, 0) is 23.8 Å². The molecule has 12 heteroatoms. The summed E-state index contributed by atoms with van der Waals surface area (Å²) in [6.07, 6.45) is 0.0278. The van der Waals surface area contributed by atoms with E-state index in [-0.39, 0.29) is 23.9 Å². The van der Waals surface area contributed by atoms with Gasteiger partial charge in [-0.3, -0.25) is 33.0 Å². The number of fused-ring (bicyclic) bond motifs is 1. The molecular formula is C28H28FN7O4. The maximum Gasteiger partial charge on any atom is 0.332 e. The first kappa shape index (κ1) is 25.7. The number of rotatable bonds is 5. The molecule has 6 rings (SSSR count). The van der Waals surface area contributed by atoms with Crippen LogP contribution in [0.4, 0.5) is 16.0 Å². The minimum Gasteiger partial charge on any atom is -0.340 e. The number of hydrogen-bond acceptors (Lipinski definition) is 7. The fourth-order valence-corrected chi connectivity index (χ4v) is 5.61. The van der Waals surface area contributed by atoms with Crippen LogP contribution >= 0.6 is 0 Å². The van der Waals surface area contributed by atoms with E-state index in [1.807, 2.05) is 44.7 Å². The summed E-state index contributed by atoms with van der Waals surface area (Å²) in [4.78, 5) is 61.7. The SMILES string of the molecule is Cn1c(=O)c2c(nc(N3CCN(C4CC(=O)N(c5cccc(F)c5)C4=O)CC3)n2Cc2ccccc2)n(C)c1=O. The van der Waals surface area contributed by atoms with Crippen LogP contribution in [-0.4, -0.2) is 67.6 Å². The molecule has 0 N–H and O–H groups in total. The third-order valence-corrected chi connectivity index (χ3v) is 7.74. The summed E-state index contributed by atoms with van der Waals surface area (Å²) in [6.45, 7) is 2.32. The van der Waals surface area contributed by atoms with Crippen LogP contribution in [0.3, 0.4) is 0 Å². The highest BCUT2D eigenvalue weighted by Gasteiger charge is 2.43. The molecule has 2 aliphatic rings. The average Bonchev–Trinajstić information content (AvgIpc) is 3.48. The van der Waals surface area contributed by atoms with Gasteiger partial charge in [0, 0.05) is 40.3 Å². The number of carbonyl (C=O) groups is 2. The topological polar surface area (TPSA) is 106 Å². The summed E-state index contributed by atoms with van der Waals surface area (Å²) in [6, 6.07) is 14.5. The van der Waals surface area contributed by atoms with Crippen molar-refractivity contribution in [3.8, 4) is 0 Å². The zero-order valence-electron chi connectivity index (χ0n) is 22.2. The quantitative estimate of drug-likeness (QED) is 0.346. The zero-order chi connectivity index (χ0) is 28.1. The molecule has 2 fully saturated rings. The first-order chi connectivity index (χ1) is 19.2. The van der Waals surface area contributed by atoms with Crippen LogP contribution in [0.25, 0.3) is 11.2 Å². The van der Waals surface area contributed by atoms with Crippen molar-refractivity contribution in [3.63, 3.8) is 0 Å². The number of amides is 2. The van der Waals surface area contributed by atoms with Crippen LogP contribution in [0.2, 0.25) is 0 Å². The highest BCUT2D eigenvalue weighted by Crippen LogP contribution is 2.28. The van der Waals surface area contributed by atoms with E-state index in [0.29, 0.717) is 49.8 Å². The van der Waals surface area contributed by atoms with Crippen LogP contribution in [0.5, 0.6) is 0 Å². The smallest absolute Gasteiger partial charge is 0.332 e. The number of imide groups is 1. The maximum atomic E-state index is 13.8. The van der Waals surface area contributed by atoms with E-state index in [1.54, 1.807) is 13.1 Å². The fraction of sp³-hybridized carbons (Fsp3) is 0.321. The molecule has 0 radical (unpaired) electrons. The molecule has 4 heterocycles. The molecular weight excluding hydrogens is 517 g/mol. The van der Waals surface area contributed by atoms with Crippen molar-refractivity contribution in [1.82, 2.24) is 23.6 Å². The van der Waals surface area contributed by atoms with Crippen LogP contribution in [-0.2, 0) is 30.2 Å². The van der Waals surface area contributed by atoms with Gasteiger partial charge >= 0.3 is 5.69 Å². The second kappa shape index (κ2) is 9.87. The molecule has 0 spiro atoms. The molecule has 1 atom stereocenters. The molecule has 40 heavy (non-hydrogen) atoms. The lowest BCUT2D eigenvalue weighted by atomic mass is 10.1. The molecule has 2 aromatic heterocycles. The Balaban J connectivity index is 1.29. The third-order valence-electron chi connectivity index (χ3n) is 7.74. The molecule has 2 aromatic carbocycles. The minimum absolute atomic E-state index is 0.0278. The summed E-state index contributed by atoms with van der Waals surface area (Å²) in [5, 5.41) is 0. The number of anilines is 2. The molecule has 2 amide bonds. The molecule has 1 unspecified atom stereocenters. The van der Waals surface area contributed by atoms with Crippen molar-refractivity contribution < 1.29 is 14.0 Å². The highest BCUT2D eigenvalue weighted by molar-refractivity contribution is 6.22. The van der Waals surface area contributed by atoms with Gasteiger partial charge in [0.15, 0.2) is 11.2 Å². The number of halogens is 1. The van der Waals surface area contributed by atoms with Gasteiger partial charge in [-0.15, -0.1) is 0 Å². The number of piperazine rings is 1. The van der Waals surface area contributed by atoms with E-state index in [9.17, 15) is 23.6 Å². The summed E-state index contributed by atoms with van der Waals surface area (Å²) < 4.78 is 18.1. The first-order valence-corrected chi connectivity index (χ1v) is 13.1. The van der Waals surface area contributed by atoms with Crippen LogP contribution in [0.15, 0.2) is 64.2 Å². The van der Waals surface area contributed by atoms with Crippen LogP contribution in [0, 0.1) is 5.82 Å². The normalized spacial score (nSPS) is 18.3. The lowest BCUT2D eigenvalue weighted by Gasteiger charge is -2.37. The van der Waals surface area contributed by atoms with Gasteiger partial charge in [0.1, 0.15) is 5.82 Å². The van der Waals surface area contributed by atoms with Crippen molar-refractivity contribution in [2.45, 2.75) is 19.0 Å². The molecule has 206 valence electrons. The fourth-order valence-electron chi connectivity index (χ4n) is 5.61. The van der Waals surface area contributed by atoms with Gasteiger partial charge in [-0.1, -0.05) is 36.4 Å².